The standard InChI is InChI=1S/C20H23N3O6S/c1-4-30(25,26)22-14-8-15(13-7-17(27-3)20(24)23(2)10-13)18-16(9-14)21-19(29-18)12-5-6-28-11-12/h7-10,12,22H,4-6,11H2,1-3H3. The smallest absolute Gasteiger partial charge is 0.292 e. The van der Waals surface area contributed by atoms with Crippen LogP contribution in [0, 0.1) is 0 Å². The third-order valence-electron chi connectivity index (χ3n) is 5.12. The molecule has 9 nitrogen and oxygen atoms in total. The van der Waals surface area contributed by atoms with Crippen molar-refractivity contribution in [3.63, 3.8) is 0 Å². The lowest BCUT2D eigenvalue weighted by molar-refractivity contribution is 0.191. The van der Waals surface area contributed by atoms with Crippen molar-refractivity contribution >= 4 is 26.8 Å². The minimum Gasteiger partial charge on any atom is -0.491 e. The lowest BCUT2D eigenvalue weighted by atomic mass is 10.1. The zero-order valence-corrected chi connectivity index (χ0v) is 17.8. The molecule has 1 fully saturated rings. The highest BCUT2D eigenvalue weighted by Gasteiger charge is 2.25. The highest BCUT2D eigenvalue weighted by molar-refractivity contribution is 7.92. The van der Waals surface area contributed by atoms with Crippen LogP contribution in [-0.4, -0.2) is 44.0 Å². The van der Waals surface area contributed by atoms with E-state index in [4.69, 9.17) is 13.9 Å². The molecule has 30 heavy (non-hydrogen) atoms. The summed E-state index contributed by atoms with van der Waals surface area (Å²) in [5.74, 6) is 0.718. The van der Waals surface area contributed by atoms with Gasteiger partial charge < -0.3 is 18.5 Å². The highest BCUT2D eigenvalue weighted by Crippen LogP contribution is 2.36. The summed E-state index contributed by atoms with van der Waals surface area (Å²) in [6.45, 7) is 2.74. The van der Waals surface area contributed by atoms with Crippen LogP contribution in [0.25, 0.3) is 22.2 Å². The number of sulfonamides is 1. The zero-order valence-electron chi connectivity index (χ0n) is 17.0. The molecule has 1 saturated heterocycles. The molecular weight excluding hydrogens is 410 g/mol. The minimum absolute atomic E-state index is 0.0516. The Hall–Kier alpha value is -2.85. The number of fused-ring (bicyclic) bond motifs is 1. The molecule has 0 bridgehead atoms. The average Bonchev–Trinajstić information content (AvgIpc) is 3.38. The summed E-state index contributed by atoms with van der Waals surface area (Å²) in [4.78, 5) is 16.8. The van der Waals surface area contributed by atoms with Crippen LogP contribution in [0.1, 0.15) is 25.2 Å². The molecule has 0 spiro atoms. The van der Waals surface area contributed by atoms with Crippen molar-refractivity contribution in [1.29, 1.82) is 0 Å². The summed E-state index contributed by atoms with van der Waals surface area (Å²) < 4.78 is 45.0. The van der Waals surface area contributed by atoms with Crippen LogP contribution in [0.2, 0.25) is 0 Å². The summed E-state index contributed by atoms with van der Waals surface area (Å²) in [6, 6.07) is 4.93. The van der Waals surface area contributed by atoms with Crippen molar-refractivity contribution in [2.24, 2.45) is 7.05 Å². The maximum Gasteiger partial charge on any atom is 0.292 e. The first-order valence-corrected chi connectivity index (χ1v) is 11.2. The molecule has 1 N–H and O–H groups in total. The summed E-state index contributed by atoms with van der Waals surface area (Å²) in [7, 11) is -0.438. The Kier molecular flexibility index (Phi) is 5.29. The van der Waals surface area contributed by atoms with Gasteiger partial charge in [-0.3, -0.25) is 9.52 Å². The van der Waals surface area contributed by atoms with E-state index in [-0.39, 0.29) is 23.0 Å². The van der Waals surface area contributed by atoms with Crippen LogP contribution >= 0.6 is 0 Å². The normalized spacial score (nSPS) is 16.8. The van der Waals surface area contributed by atoms with Crippen molar-refractivity contribution in [2.75, 3.05) is 30.8 Å². The number of aromatic nitrogens is 2. The van der Waals surface area contributed by atoms with E-state index < -0.39 is 10.0 Å². The molecule has 1 unspecified atom stereocenters. The van der Waals surface area contributed by atoms with E-state index in [0.717, 1.165) is 6.42 Å². The largest absolute Gasteiger partial charge is 0.491 e. The summed E-state index contributed by atoms with van der Waals surface area (Å²) >= 11 is 0. The van der Waals surface area contributed by atoms with Crippen molar-refractivity contribution < 1.29 is 22.3 Å². The van der Waals surface area contributed by atoms with Gasteiger partial charge in [0.2, 0.25) is 15.9 Å². The van der Waals surface area contributed by atoms with Crippen LogP contribution in [0.4, 0.5) is 5.69 Å². The molecule has 3 aromatic rings. The zero-order chi connectivity index (χ0) is 21.5. The van der Waals surface area contributed by atoms with E-state index in [2.05, 4.69) is 9.71 Å². The lowest BCUT2D eigenvalue weighted by Gasteiger charge is -2.11. The van der Waals surface area contributed by atoms with Gasteiger partial charge in [0, 0.05) is 31.0 Å². The van der Waals surface area contributed by atoms with Crippen molar-refractivity contribution in [3.8, 4) is 16.9 Å². The number of benzene rings is 1. The molecule has 1 aliphatic rings. The lowest BCUT2D eigenvalue weighted by Crippen LogP contribution is -2.18. The van der Waals surface area contributed by atoms with E-state index in [9.17, 15) is 13.2 Å². The molecule has 1 atom stereocenters. The second kappa shape index (κ2) is 7.77. The van der Waals surface area contributed by atoms with Crippen molar-refractivity contribution in [1.82, 2.24) is 9.55 Å². The number of nitrogens with one attached hydrogen (secondary N) is 1. The predicted molar refractivity (Wildman–Crippen MR) is 112 cm³/mol. The Morgan fingerprint density at radius 2 is 2.13 bits per heavy atom. The second-order valence-corrected chi connectivity index (χ2v) is 9.21. The first-order chi connectivity index (χ1) is 14.3. The van der Waals surface area contributed by atoms with Gasteiger partial charge in [0.1, 0.15) is 5.52 Å². The van der Waals surface area contributed by atoms with Crippen LogP contribution in [0.15, 0.2) is 33.6 Å². The van der Waals surface area contributed by atoms with Gasteiger partial charge in [0.05, 0.1) is 31.1 Å². The molecule has 4 rings (SSSR count). The van der Waals surface area contributed by atoms with Gasteiger partial charge in [-0.1, -0.05) is 0 Å². The molecule has 0 radical (unpaired) electrons. The first kappa shape index (κ1) is 20.4. The summed E-state index contributed by atoms with van der Waals surface area (Å²) in [5, 5.41) is 0. The number of oxazole rings is 1. The number of anilines is 1. The van der Waals surface area contributed by atoms with Gasteiger partial charge in [-0.05, 0) is 31.5 Å². The van der Waals surface area contributed by atoms with Gasteiger partial charge in [-0.25, -0.2) is 13.4 Å². The maximum absolute atomic E-state index is 12.2. The fraction of sp³-hybridized carbons (Fsp3) is 0.400. The molecular formula is C20H23N3O6S. The molecule has 1 aromatic carbocycles. The van der Waals surface area contributed by atoms with Gasteiger partial charge in [-0.15, -0.1) is 0 Å². The van der Waals surface area contributed by atoms with E-state index >= 15 is 0 Å². The van der Waals surface area contributed by atoms with E-state index in [0.29, 0.717) is 47.0 Å². The number of methoxy groups -OCH3 is 1. The third-order valence-corrected chi connectivity index (χ3v) is 6.43. The predicted octanol–water partition coefficient (Wildman–Crippen LogP) is 2.47. The molecule has 10 heteroatoms. The highest BCUT2D eigenvalue weighted by atomic mass is 32.2. The maximum atomic E-state index is 12.2. The summed E-state index contributed by atoms with van der Waals surface area (Å²) in [6.07, 6.45) is 2.46. The number of ether oxygens (including phenoxy) is 2. The summed E-state index contributed by atoms with van der Waals surface area (Å²) in [5.41, 5.74) is 2.37. The third kappa shape index (κ3) is 3.80. The van der Waals surface area contributed by atoms with Crippen molar-refractivity contribution in [2.45, 2.75) is 19.3 Å². The molecule has 2 aromatic heterocycles. The number of nitrogens with zero attached hydrogens (tertiary/aromatic N) is 2. The van der Waals surface area contributed by atoms with Crippen LogP contribution < -0.4 is 15.0 Å². The van der Waals surface area contributed by atoms with Crippen molar-refractivity contribution in [3.05, 3.63) is 40.6 Å². The fourth-order valence-corrected chi connectivity index (χ4v) is 4.08. The number of hydrogen-bond donors (Lipinski definition) is 1. The Bertz CT molecular complexity index is 1260. The number of rotatable bonds is 6. The monoisotopic (exact) mass is 433 g/mol. The van der Waals surface area contributed by atoms with E-state index in [1.54, 1.807) is 38.4 Å². The second-order valence-electron chi connectivity index (χ2n) is 7.20. The van der Waals surface area contributed by atoms with E-state index in [1.165, 1.54) is 11.7 Å². The SMILES string of the molecule is CCS(=O)(=O)Nc1cc(-c2cc(OC)c(=O)n(C)c2)c2oc(C3CCOC3)nc2c1. The average molecular weight is 433 g/mol. The molecule has 0 saturated carbocycles. The van der Waals surface area contributed by atoms with E-state index in [1.807, 2.05) is 0 Å². The van der Waals surface area contributed by atoms with Gasteiger partial charge in [0.25, 0.3) is 5.56 Å². The quantitative estimate of drug-likeness (QED) is 0.635. The molecule has 1 aliphatic heterocycles. The first-order valence-electron chi connectivity index (χ1n) is 9.59. The molecule has 0 amide bonds. The number of aryl methyl sites for hydroxylation is 1. The van der Waals surface area contributed by atoms with Gasteiger partial charge in [-0.2, -0.15) is 0 Å². The Morgan fingerprint density at radius 3 is 2.80 bits per heavy atom. The Morgan fingerprint density at radius 1 is 1.33 bits per heavy atom. The molecule has 160 valence electrons. The molecule has 0 aliphatic carbocycles. The Labute approximate surface area is 173 Å². The minimum atomic E-state index is -3.48. The molecule has 3 heterocycles. The van der Waals surface area contributed by atoms with Crippen LogP contribution in [0.3, 0.4) is 0 Å². The topological polar surface area (TPSA) is 113 Å². The van der Waals surface area contributed by atoms with Crippen LogP contribution in [-0.2, 0) is 21.8 Å². The number of pyridine rings is 1. The van der Waals surface area contributed by atoms with Gasteiger partial charge in [0.15, 0.2) is 11.3 Å². The van der Waals surface area contributed by atoms with Gasteiger partial charge >= 0.3 is 0 Å². The Balaban J connectivity index is 1.93. The van der Waals surface area contributed by atoms with Crippen LogP contribution in [0.5, 0.6) is 5.75 Å². The fourth-order valence-electron chi connectivity index (χ4n) is 3.45. The number of hydrogen-bond acceptors (Lipinski definition) is 7.